The zero-order chi connectivity index (χ0) is 32.3. The molecule has 1 N–H and O–H groups in total. The van der Waals surface area contributed by atoms with E-state index in [1.54, 1.807) is 54.4 Å². The minimum atomic E-state index is -0.560. The molecule has 0 saturated carbocycles. The van der Waals surface area contributed by atoms with Crippen LogP contribution in [0.2, 0.25) is 5.02 Å². The molecule has 2 aromatic carbocycles. The van der Waals surface area contributed by atoms with Crippen LogP contribution in [0.5, 0.6) is 5.75 Å². The third-order valence-corrected chi connectivity index (χ3v) is 7.83. The number of ether oxygens (including phenoxy) is 2. The molecule has 1 fully saturated rings. The Bertz CT molecular complexity index is 1770. The summed E-state index contributed by atoms with van der Waals surface area (Å²) in [7, 11) is 3.35. The van der Waals surface area contributed by atoms with Crippen LogP contribution < -0.4 is 9.64 Å². The first-order chi connectivity index (χ1) is 21.5. The summed E-state index contributed by atoms with van der Waals surface area (Å²) in [6.07, 6.45) is 1.89. The van der Waals surface area contributed by atoms with E-state index in [1.807, 2.05) is 43.9 Å². The van der Waals surface area contributed by atoms with Crippen molar-refractivity contribution >= 4 is 40.5 Å². The van der Waals surface area contributed by atoms with Gasteiger partial charge in [-0.2, -0.15) is 5.26 Å². The molecule has 4 aromatic rings. The van der Waals surface area contributed by atoms with Crippen molar-refractivity contribution in [1.82, 2.24) is 24.8 Å². The molecular weight excluding hydrogens is 594 g/mol. The van der Waals surface area contributed by atoms with E-state index in [-0.39, 0.29) is 12.0 Å². The van der Waals surface area contributed by atoms with Gasteiger partial charge in [-0.1, -0.05) is 17.7 Å². The van der Waals surface area contributed by atoms with Gasteiger partial charge in [0.05, 0.1) is 34.3 Å². The number of hydrogen-bond acceptors (Lipinski definition) is 8. The first-order valence-corrected chi connectivity index (χ1v) is 15.0. The van der Waals surface area contributed by atoms with Gasteiger partial charge < -0.3 is 29.2 Å². The fraction of sp³-hybridized carbons (Fsp3) is 0.364. The van der Waals surface area contributed by atoms with E-state index >= 15 is 0 Å². The van der Waals surface area contributed by atoms with E-state index in [2.05, 4.69) is 21.0 Å². The lowest BCUT2D eigenvalue weighted by Gasteiger charge is -2.36. The molecule has 12 heteroatoms. The predicted octanol–water partition coefficient (Wildman–Crippen LogP) is 5.53. The number of carbonyl (C=O) groups is 2. The van der Waals surface area contributed by atoms with Gasteiger partial charge in [-0.3, -0.25) is 4.79 Å². The molecule has 0 radical (unpaired) electrons. The van der Waals surface area contributed by atoms with Crippen LogP contribution in [-0.4, -0.2) is 89.2 Å². The summed E-state index contributed by atoms with van der Waals surface area (Å²) < 4.78 is 10.8. The maximum atomic E-state index is 13.2. The summed E-state index contributed by atoms with van der Waals surface area (Å²) in [6.45, 7) is 7.96. The maximum absolute atomic E-state index is 13.2. The number of H-pyrrole nitrogens is 1. The number of aromatic nitrogens is 3. The molecule has 0 unspecified atom stereocenters. The van der Waals surface area contributed by atoms with Gasteiger partial charge in [-0.05, 0) is 56.7 Å². The van der Waals surface area contributed by atoms with Crippen molar-refractivity contribution < 1.29 is 19.1 Å². The minimum Gasteiger partial charge on any atom is -0.497 e. The molecule has 0 spiro atoms. The molecule has 3 heterocycles. The zero-order valence-electron chi connectivity index (χ0n) is 26.1. The molecule has 1 saturated heterocycles. The van der Waals surface area contributed by atoms with Gasteiger partial charge in [-0.25, -0.2) is 14.8 Å². The first kappa shape index (κ1) is 31.6. The Morgan fingerprint density at radius 1 is 1.09 bits per heavy atom. The average Bonchev–Trinajstić information content (AvgIpc) is 3.44. The van der Waals surface area contributed by atoms with E-state index in [9.17, 15) is 14.9 Å². The number of nitrogens with zero attached hydrogens (tertiary/aromatic N) is 6. The highest BCUT2D eigenvalue weighted by Crippen LogP contribution is 2.30. The highest BCUT2D eigenvalue weighted by atomic mass is 35.5. The molecular formula is C33H36ClN7O4. The first-order valence-electron chi connectivity index (χ1n) is 14.7. The fourth-order valence-corrected chi connectivity index (χ4v) is 5.37. The minimum absolute atomic E-state index is 0.207. The number of benzene rings is 2. The summed E-state index contributed by atoms with van der Waals surface area (Å²) >= 11 is 6.61. The lowest BCUT2D eigenvalue weighted by molar-refractivity contribution is 0.0240. The number of carbonyl (C=O) groups excluding carboxylic acids is 2. The van der Waals surface area contributed by atoms with E-state index in [0.717, 1.165) is 28.2 Å². The largest absolute Gasteiger partial charge is 0.497 e. The number of imidazole rings is 1. The number of hydrogen-bond donors (Lipinski definition) is 1. The van der Waals surface area contributed by atoms with E-state index in [1.165, 1.54) is 0 Å². The molecule has 5 rings (SSSR count). The Hall–Kier alpha value is -4.82. The van der Waals surface area contributed by atoms with Gasteiger partial charge in [0.25, 0.3) is 5.91 Å². The molecule has 0 atom stereocenters. The summed E-state index contributed by atoms with van der Waals surface area (Å²) in [5.74, 6) is 1.87. The van der Waals surface area contributed by atoms with Crippen molar-refractivity contribution in [3.8, 4) is 22.9 Å². The number of anilines is 1. The maximum Gasteiger partial charge on any atom is 0.410 e. The Labute approximate surface area is 267 Å². The van der Waals surface area contributed by atoms with Gasteiger partial charge in [0.2, 0.25) is 0 Å². The van der Waals surface area contributed by atoms with Crippen LogP contribution in [0, 0.1) is 11.3 Å². The van der Waals surface area contributed by atoms with Crippen molar-refractivity contribution in [1.29, 1.82) is 5.26 Å². The quantitative estimate of drug-likeness (QED) is 0.283. The molecule has 234 valence electrons. The van der Waals surface area contributed by atoms with Gasteiger partial charge in [0.1, 0.15) is 29.1 Å². The number of fused-ring (bicyclic) bond motifs is 1. The number of nitriles is 1. The molecule has 0 aliphatic carbocycles. The molecule has 11 nitrogen and oxygen atoms in total. The Balaban J connectivity index is 1.23. The van der Waals surface area contributed by atoms with Crippen LogP contribution in [-0.2, 0) is 11.2 Å². The van der Waals surface area contributed by atoms with Crippen molar-refractivity contribution in [2.24, 2.45) is 0 Å². The topological polar surface area (TPSA) is 128 Å². The number of amides is 2. The summed E-state index contributed by atoms with van der Waals surface area (Å²) in [5.41, 5.74) is 3.39. The van der Waals surface area contributed by atoms with Crippen LogP contribution in [0.1, 0.15) is 42.5 Å². The van der Waals surface area contributed by atoms with Crippen LogP contribution in [0.3, 0.4) is 0 Å². The SMILES string of the molecule is COc1ccc2nc(CCN(C)C(=O)c3ccc(-c4cnc(N5CCN(C(=O)OC(C)(C)C)CC5)c(C#N)c4)cc3Cl)[nH]c2c1. The predicted molar refractivity (Wildman–Crippen MR) is 173 cm³/mol. The van der Waals surface area contributed by atoms with Crippen molar-refractivity contribution in [2.45, 2.75) is 32.8 Å². The highest BCUT2D eigenvalue weighted by molar-refractivity contribution is 6.34. The van der Waals surface area contributed by atoms with Crippen molar-refractivity contribution in [2.75, 3.05) is 51.8 Å². The number of methoxy groups -OCH3 is 1. The zero-order valence-corrected chi connectivity index (χ0v) is 26.8. The van der Waals surface area contributed by atoms with Crippen molar-refractivity contribution in [3.63, 3.8) is 0 Å². The smallest absolute Gasteiger partial charge is 0.410 e. The molecule has 1 aliphatic rings. The number of piperazine rings is 1. The molecule has 0 bridgehead atoms. The molecule has 45 heavy (non-hydrogen) atoms. The standard InChI is InChI=1S/C33H36ClN7O4/c1-33(2,3)45-32(43)41-14-12-40(13-15-41)30-22(19-35)16-23(20-36-30)21-6-8-25(26(34)17-21)31(42)39(4)11-10-29-37-27-9-7-24(44-5)18-28(27)38-29/h6-9,16-18,20H,10-15H2,1-5H3,(H,37,38). The number of halogens is 1. The lowest BCUT2D eigenvalue weighted by Crippen LogP contribution is -2.50. The molecule has 1 aliphatic heterocycles. The Kier molecular flexibility index (Phi) is 9.16. The van der Waals surface area contributed by atoms with Crippen molar-refractivity contribution in [3.05, 3.63) is 70.6 Å². The van der Waals surface area contributed by atoms with Crippen LogP contribution in [0.4, 0.5) is 10.6 Å². The van der Waals surface area contributed by atoms with Gasteiger partial charge >= 0.3 is 6.09 Å². The van der Waals surface area contributed by atoms with E-state index in [0.29, 0.717) is 66.7 Å². The average molecular weight is 630 g/mol. The second-order valence-corrected chi connectivity index (χ2v) is 12.3. The second-order valence-electron chi connectivity index (χ2n) is 11.9. The monoisotopic (exact) mass is 629 g/mol. The van der Waals surface area contributed by atoms with Gasteiger partial charge in [0, 0.05) is 64.0 Å². The number of nitrogens with one attached hydrogen (secondary N) is 1. The fourth-order valence-electron chi connectivity index (χ4n) is 5.11. The molecule has 2 aromatic heterocycles. The number of pyridine rings is 1. The lowest BCUT2D eigenvalue weighted by atomic mass is 10.0. The summed E-state index contributed by atoms with van der Waals surface area (Å²) in [5, 5.41) is 10.2. The summed E-state index contributed by atoms with van der Waals surface area (Å²) in [4.78, 5) is 43.4. The van der Waals surface area contributed by atoms with Crippen LogP contribution in [0.25, 0.3) is 22.2 Å². The molecule has 2 amide bonds. The normalized spacial score (nSPS) is 13.4. The van der Waals surface area contributed by atoms with E-state index in [4.69, 9.17) is 21.1 Å². The van der Waals surface area contributed by atoms with Gasteiger partial charge in [0.15, 0.2) is 0 Å². The summed E-state index contributed by atoms with van der Waals surface area (Å²) in [6, 6.07) is 14.9. The van der Waals surface area contributed by atoms with Gasteiger partial charge in [-0.15, -0.1) is 0 Å². The number of aromatic amines is 1. The highest BCUT2D eigenvalue weighted by Gasteiger charge is 2.27. The Morgan fingerprint density at radius 3 is 2.51 bits per heavy atom. The van der Waals surface area contributed by atoms with Crippen LogP contribution in [0.15, 0.2) is 48.7 Å². The number of likely N-dealkylation sites (N-methyl/N-ethyl adjacent to an activating group) is 1. The van der Waals surface area contributed by atoms with Crippen LogP contribution >= 0.6 is 11.6 Å². The second kappa shape index (κ2) is 13.0. The third kappa shape index (κ3) is 7.29. The number of rotatable bonds is 7. The van der Waals surface area contributed by atoms with E-state index < -0.39 is 5.60 Å². The third-order valence-electron chi connectivity index (χ3n) is 7.52. The Morgan fingerprint density at radius 2 is 1.84 bits per heavy atom.